The standard InChI is InChI=1S/C20H19FN2O2/c1-2-12-23(20(24)17-10-6-7-11-18(17)21)14-16-13-19(22-25-16)15-8-4-3-5-9-15/h2-11,16H,1,12-14H2. The van der Waals surface area contributed by atoms with Gasteiger partial charge in [-0.3, -0.25) is 4.79 Å². The van der Waals surface area contributed by atoms with Gasteiger partial charge in [0.05, 0.1) is 17.8 Å². The lowest BCUT2D eigenvalue weighted by Gasteiger charge is -2.23. The Morgan fingerprint density at radius 2 is 1.96 bits per heavy atom. The number of hydrogen-bond donors (Lipinski definition) is 0. The highest BCUT2D eigenvalue weighted by molar-refractivity contribution is 6.01. The zero-order valence-electron chi connectivity index (χ0n) is 13.8. The first kappa shape index (κ1) is 16.9. The second-order valence-electron chi connectivity index (χ2n) is 5.81. The largest absolute Gasteiger partial charge is 0.390 e. The molecule has 0 N–H and O–H groups in total. The molecule has 0 saturated carbocycles. The van der Waals surface area contributed by atoms with Gasteiger partial charge in [0.2, 0.25) is 0 Å². The summed E-state index contributed by atoms with van der Waals surface area (Å²) in [5.41, 5.74) is 1.90. The van der Waals surface area contributed by atoms with Crippen LogP contribution in [0.3, 0.4) is 0 Å². The Labute approximate surface area is 146 Å². The van der Waals surface area contributed by atoms with Crippen LogP contribution in [0.25, 0.3) is 0 Å². The molecule has 1 aliphatic heterocycles. The lowest BCUT2D eigenvalue weighted by Crippen LogP contribution is -2.38. The molecule has 0 bridgehead atoms. The molecule has 4 nitrogen and oxygen atoms in total. The van der Waals surface area contributed by atoms with E-state index in [4.69, 9.17) is 4.84 Å². The SMILES string of the molecule is C=CCN(CC1CC(c2ccccc2)=NO1)C(=O)c1ccccc1F. The van der Waals surface area contributed by atoms with E-state index in [0.29, 0.717) is 19.5 Å². The minimum atomic E-state index is -0.532. The monoisotopic (exact) mass is 338 g/mol. The Morgan fingerprint density at radius 1 is 1.24 bits per heavy atom. The number of carbonyl (C=O) groups excluding carboxylic acids is 1. The second kappa shape index (κ2) is 7.75. The van der Waals surface area contributed by atoms with Crippen LogP contribution in [0, 0.1) is 5.82 Å². The molecule has 128 valence electrons. The van der Waals surface area contributed by atoms with Crippen molar-refractivity contribution in [3.63, 3.8) is 0 Å². The van der Waals surface area contributed by atoms with E-state index < -0.39 is 5.82 Å². The van der Waals surface area contributed by atoms with E-state index in [1.54, 1.807) is 18.2 Å². The molecule has 2 aromatic rings. The zero-order chi connectivity index (χ0) is 17.6. The van der Waals surface area contributed by atoms with Crippen molar-refractivity contribution in [2.75, 3.05) is 13.1 Å². The number of benzene rings is 2. The first-order valence-corrected chi connectivity index (χ1v) is 8.12. The maximum Gasteiger partial charge on any atom is 0.257 e. The molecule has 0 aromatic heterocycles. The minimum absolute atomic E-state index is 0.0477. The third-order valence-electron chi connectivity index (χ3n) is 4.00. The van der Waals surface area contributed by atoms with E-state index in [2.05, 4.69) is 11.7 Å². The lowest BCUT2D eigenvalue weighted by molar-refractivity contribution is 0.0447. The van der Waals surface area contributed by atoms with E-state index in [9.17, 15) is 9.18 Å². The van der Waals surface area contributed by atoms with Crippen molar-refractivity contribution in [1.82, 2.24) is 4.90 Å². The number of nitrogens with zero attached hydrogens (tertiary/aromatic N) is 2. The van der Waals surface area contributed by atoms with E-state index in [1.807, 2.05) is 30.3 Å². The smallest absolute Gasteiger partial charge is 0.257 e. The molecule has 3 rings (SSSR count). The summed E-state index contributed by atoms with van der Waals surface area (Å²) in [6.07, 6.45) is 1.96. The third kappa shape index (κ3) is 3.94. The molecule has 0 fully saturated rings. The Hall–Kier alpha value is -2.95. The van der Waals surface area contributed by atoms with Crippen LogP contribution >= 0.6 is 0 Å². The zero-order valence-corrected chi connectivity index (χ0v) is 13.8. The van der Waals surface area contributed by atoms with Crippen LogP contribution in [0.2, 0.25) is 0 Å². The van der Waals surface area contributed by atoms with E-state index in [-0.39, 0.29) is 17.6 Å². The molecular weight excluding hydrogens is 319 g/mol. The van der Waals surface area contributed by atoms with Crippen molar-refractivity contribution in [3.05, 3.63) is 84.2 Å². The topological polar surface area (TPSA) is 41.9 Å². The molecule has 0 saturated heterocycles. The van der Waals surface area contributed by atoms with E-state index >= 15 is 0 Å². The fourth-order valence-corrected chi connectivity index (χ4v) is 2.77. The fraction of sp³-hybridized carbons (Fsp3) is 0.200. The summed E-state index contributed by atoms with van der Waals surface area (Å²) in [7, 11) is 0. The molecule has 1 heterocycles. The molecule has 1 amide bonds. The molecule has 2 aromatic carbocycles. The molecule has 0 aliphatic carbocycles. The van der Waals surface area contributed by atoms with Crippen LogP contribution in [-0.2, 0) is 4.84 Å². The van der Waals surface area contributed by atoms with Crippen LogP contribution in [0.5, 0.6) is 0 Å². The van der Waals surface area contributed by atoms with Crippen molar-refractivity contribution < 1.29 is 14.0 Å². The molecule has 1 atom stereocenters. The first-order chi connectivity index (χ1) is 12.2. The van der Waals surface area contributed by atoms with Gasteiger partial charge >= 0.3 is 0 Å². The van der Waals surface area contributed by atoms with Crippen LogP contribution < -0.4 is 0 Å². The van der Waals surface area contributed by atoms with Crippen LogP contribution in [0.15, 0.2) is 72.4 Å². The highest BCUT2D eigenvalue weighted by Crippen LogP contribution is 2.19. The third-order valence-corrected chi connectivity index (χ3v) is 4.00. The summed E-state index contributed by atoms with van der Waals surface area (Å²) in [4.78, 5) is 19.6. The number of amides is 1. The summed E-state index contributed by atoms with van der Waals surface area (Å²) in [6, 6.07) is 15.7. The van der Waals surface area contributed by atoms with Crippen molar-refractivity contribution in [2.24, 2.45) is 5.16 Å². The normalized spacial score (nSPS) is 16.0. The molecular formula is C20H19FN2O2. The number of halogens is 1. The van der Waals surface area contributed by atoms with Gasteiger partial charge in [-0.25, -0.2) is 4.39 Å². The van der Waals surface area contributed by atoms with Crippen LogP contribution in [0.1, 0.15) is 22.3 Å². The van der Waals surface area contributed by atoms with Crippen molar-refractivity contribution in [3.8, 4) is 0 Å². The highest BCUT2D eigenvalue weighted by Gasteiger charge is 2.27. The van der Waals surface area contributed by atoms with Gasteiger partial charge in [0.1, 0.15) is 5.82 Å². The maximum atomic E-state index is 13.9. The molecule has 1 aliphatic rings. The fourth-order valence-electron chi connectivity index (χ4n) is 2.77. The van der Waals surface area contributed by atoms with Gasteiger partial charge in [-0.2, -0.15) is 0 Å². The lowest BCUT2D eigenvalue weighted by atomic mass is 10.0. The van der Waals surface area contributed by atoms with Crippen molar-refractivity contribution in [1.29, 1.82) is 0 Å². The van der Waals surface area contributed by atoms with E-state index in [1.165, 1.54) is 17.0 Å². The number of hydrogen-bond acceptors (Lipinski definition) is 3. The van der Waals surface area contributed by atoms with Gasteiger partial charge in [0.25, 0.3) is 5.91 Å². The average molecular weight is 338 g/mol. The number of carbonyl (C=O) groups is 1. The van der Waals surface area contributed by atoms with Crippen molar-refractivity contribution >= 4 is 11.6 Å². The van der Waals surface area contributed by atoms with Gasteiger partial charge in [-0.05, 0) is 17.7 Å². The van der Waals surface area contributed by atoms with Crippen molar-refractivity contribution in [2.45, 2.75) is 12.5 Å². The Kier molecular flexibility index (Phi) is 5.23. The maximum absolute atomic E-state index is 13.9. The van der Waals surface area contributed by atoms with Gasteiger partial charge in [-0.1, -0.05) is 53.7 Å². The van der Waals surface area contributed by atoms with Crippen LogP contribution in [-0.4, -0.2) is 35.7 Å². The Morgan fingerprint density at radius 3 is 2.68 bits per heavy atom. The number of oxime groups is 1. The first-order valence-electron chi connectivity index (χ1n) is 8.12. The predicted octanol–water partition coefficient (Wildman–Crippen LogP) is 3.65. The molecule has 25 heavy (non-hydrogen) atoms. The summed E-state index contributed by atoms with van der Waals surface area (Å²) in [5, 5.41) is 4.13. The average Bonchev–Trinajstić information content (AvgIpc) is 3.11. The molecule has 1 unspecified atom stereocenters. The van der Waals surface area contributed by atoms with Gasteiger partial charge in [-0.15, -0.1) is 6.58 Å². The highest BCUT2D eigenvalue weighted by atomic mass is 19.1. The summed E-state index contributed by atoms with van der Waals surface area (Å²) in [5.74, 6) is -0.912. The van der Waals surface area contributed by atoms with E-state index in [0.717, 1.165) is 11.3 Å². The van der Waals surface area contributed by atoms with Crippen LogP contribution in [0.4, 0.5) is 4.39 Å². The quantitative estimate of drug-likeness (QED) is 0.755. The van der Waals surface area contributed by atoms with Gasteiger partial charge in [0.15, 0.2) is 6.10 Å². The predicted molar refractivity (Wildman–Crippen MR) is 95.0 cm³/mol. The summed E-state index contributed by atoms with van der Waals surface area (Å²) in [6.45, 7) is 4.31. The van der Waals surface area contributed by atoms with Gasteiger partial charge < -0.3 is 9.74 Å². The molecule has 0 spiro atoms. The molecule has 5 heteroatoms. The summed E-state index contributed by atoms with van der Waals surface area (Å²) >= 11 is 0. The summed E-state index contributed by atoms with van der Waals surface area (Å²) < 4.78 is 13.9. The molecule has 0 radical (unpaired) electrons. The number of rotatable bonds is 6. The van der Waals surface area contributed by atoms with Gasteiger partial charge in [0, 0.05) is 13.0 Å². The second-order valence-corrected chi connectivity index (χ2v) is 5.81. The Bertz CT molecular complexity index is 789. The Balaban J connectivity index is 1.68. The minimum Gasteiger partial charge on any atom is -0.390 e.